The normalized spacial score (nSPS) is 25.1. The van der Waals surface area contributed by atoms with E-state index in [0.717, 1.165) is 11.3 Å². The van der Waals surface area contributed by atoms with Gasteiger partial charge in [0.25, 0.3) is 0 Å². The lowest BCUT2D eigenvalue weighted by Gasteiger charge is -2.47. The van der Waals surface area contributed by atoms with Crippen LogP contribution in [0.1, 0.15) is 57.3 Å². The molecule has 7 heteroatoms. The predicted molar refractivity (Wildman–Crippen MR) is 107 cm³/mol. The SMILES string of the molecule is CCCOC(=O)c1cccc(NC(=O)CN2C(=O)C3CCC(C)(C2=O)C3(C)C)c1. The zero-order valence-corrected chi connectivity index (χ0v) is 17.4. The standard InChI is InChI=1S/C22H28N2O5/c1-5-11-29-19(27)14-7-6-8-15(12-14)23-17(25)13-24-18(26)16-9-10-22(4,20(24)28)21(16,2)3/h6-8,12,16H,5,9-11,13H2,1-4H3,(H,23,25). The fourth-order valence-corrected chi connectivity index (χ4v) is 4.40. The summed E-state index contributed by atoms with van der Waals surface area (Å²) in [6.45, 7) is 7.70. The fraction of sp³-hybridized carbons (Fsp3) is 0.545. The Kier molecular flexibility index (Phi) is 5.52. The maximum Gasteiger partial charge on any atom is 0.338 e. The number of hydrogen-bond acceptors (Lipinski definition) is 5. The molecule has 1 aromatic rings. The number of carbonyl (C=O) groups is 4. The van der Waals surface area contributed by atoms with E-state index >= 15 is 0 Å². The van der Waals surface area contributed by atoms with Crippen molar-refractivity contribution in [2.45, 2.75) is 47.0 Å². The largest absolute Gasteiger partial charge is 0.462 e. The molecule has 156 valence electrons. The van der Waals surface area contributed by atoms with Gasteiger partial charge < -0.3 is 10.1 Å². The molecule has 3 amide bonds. The smallest absolute Gasteiger partial charge is 0.338 e. The predicted octanol–water partition coefficient (Wildman–Crippen LogP) is 3.00. The Balaban J connectivity index is 1.70. The number of piperidine rings is 1. The lowest BCUT2D eigenvalue weighted by molar-refractivity contribution is -0.168. The highest BCUT2D eigenvalue weighted by Crippen LogP contribution is 2.59. The van der Waals surface area contributed by atoms with Gasteiger partial charge in [-0.3, -0.25) is 19.3 Å². The van der Waals surface area contributed by atoms with Crippen molar-refractivity contribution in [3.63, 3.8) is 0 Å². The van der Waals surface area contributed by atoms with Crippen molar-refractivity contribution < 1.29 is 23.9 Å². The molecular formula is C22H28N2O5. The van der Waals surface area contributed by atoms with Gasteiger partial charge in [0.05, 0.1) is 17.6 Å². The quantitative estimate of drug-likeness (QED) is 0.585. The molecule has 29 heavy (non-hydrogen) atoms. The van der Waals surface area contributed by atoms with Crippen molar-refractivity contribution in [2.75, 3.05) is 18.5 Å². The average Bonchev–Trinajstić information content (AvgIpc) is 2.87. The molecule has 7 nitrogen and oxygen atoms in total. The number of imide groups is 1. The summed E-state index contributed by atoms with van der Waals surface area (Å²) in [5.41, 5.74) is -0.322. The summed E-state index contributed by atoms with van der Waals surface area (Å²) in [6.07, 6.45) is 2.03. The molecule has 2 aliphatic rings. The van der Waals surface area contributed by atoms with E-state index in [1.807, 2.05) is 27.7 Å². The summed E-state index contributed by atoms with van der Waals surface area (Å²) in [4.78, 5) is 51.5. The number of likely N-dealkylation sites (tertiary alicyclic amines) is 1. The summed E-state index contributed by atoms with van der Waals surface area (Å²) >= 11 is 0. The number of hydrogen-bond donors (Lipinski definition) is 1. The van der Waals surface area contributed by atoms with Gasteiger partial charge in [-0.2, -0.15) is 0 Å². The molecule has 1 aromatic carbocycles. The Morgan fingerprint density at radius 1 is 1.24 bits per heavy atom. The molecule has 1 aliphatic heterocycles. The number of carbonyl (C=O) groups excluding carboxylic acids is 4. The van der Waals surface area contributed by atoms with E-state index in [1.54, 1.807) is 18.2 Å². The summed E-state index contributed by atoms with van der Waals surface area (Å²) in [5.74, 6) is -1.76. The third kappa shape index (κ3) is 3.54. The third-order valence-electron chi connectivity index (χ3n) is 6.63. The Hall–Kier alpha value is -2.70. The average molecular weight is 400 g/mol. The van der Waals surface area contributed by atoms with Crippen LogP contribution in [-0.4, -0.2) is 41.7 Å². The molecule has 1 heterocycles. The Morgan fingerprint density at radius 2 is 1.97 bits per heavy atom. The molecule has 2 fully saturated rings. The van der Waals surface area contributed by atoms with Gasteiger partial charge in [-0.15, -0.1) is 0 Å². The van der Waals surface area contributed by atoms with Crippen LogP contribution in [0.5, 0.6) is 0 Å². The van der Waals surface area contributed by atoms with Crippen molar-refractivity contribution in [1.29, 1.82) is 0 Å². The van der Waals surface area contributed by atoms with E-state index in [4.69, 9.17) is 4.74 Å². The van der Waals surface area contributed by atoms with E-state index in [2.05, 4.69) is 5.32 Å². The van der Waals surface area contributed by atoms with Crippen molar-refractivity contribution in [1.82, 2.24) is 4.90 Å². The minimum absolute atomic E-state index is 0.255. The molecule has 1 saturated heterocycles. The van der Waals surface area contributed by atoms with Gasteiger partial charge in [0.2, 0.25) is 17.7 Å². The number of ether oxygens (including phenoxy) is 1. The minimum atomic E-state index is -0.644. The number of nitrogens with one attached hydrogen (secondary N) is 1. The molecule has 0 spiro atoms. The topological polar surface area (TPSA) is 92.8 Å². The van der Waals surface area contributed by atoms with Gasteiger partial charge in [-0.25, -0.2) is 4.79 Å². The van der Waals surface area contributed by atoms with Gasteiger partial charge in [0.15, 0.2) is 0 Å². The van der Waals surface area contributed by atoms with Crippen LogP contribution in [0, 0.1) is 16.7 Å². The van der Waals surface area contributed by atoms with E-state index in [-0.39, 0.29) is 24.3 Å². The molecule has 1 saturated carbocycles. The molecule has 3 rings (SSSR count). The van der Waals surface area contributed by atoms with Crippen LogP contribution < -0.4 is 5.32 Å². The van der Waals surface area contributed by atoms with Crippen molar-refractivity contribution in [2.24, 2.45) is 16.7 Å². The van der Waals surface area contributed by atoms with Crippen molar-refractivity contribution >= 4 is 29.4 Å². The van der Waals surface area contributed by atoms with Crippen LogP contribution in [0.3, 0.4) is 0 Å². The zero-order chi connectivity index (χ0) is 21.4. The Bertz CT molecular complexity index is 863. The number of rotatable bonds is 6. The van der Waals surface area contributed by atoms with Gasteiger partial charge in [-0.05, 0) is 42.9 Å². The first kappa shape index (κ1) is 21.0. The highest BCUT2D eigenvalue weighted by molar-refractivity contribution is 6.07. The van der Waals surface area contributed by atoms with Gasteiger partial charge >= 0.3 is 5.97 Å². The van der Waals surface area contributed by atoms with Crippen molar-refractivity contribution in [3.05, 3.63) is 29.8 Å². The Morgan fingerprint density at radius 3 is 2.66 bits per heavy atom. The molecule has 2 bridgehead atoms. The van der Waals surface area contributed by atoms with E-state index in [1.165, 1.54) is 6.07 Å². The number of amides is 3. The maximum absolute atomic E-state index is 13.0. The second-order valence-electron chi connectivity index (χ2n) is 8.64. The highest BCUT2D eigenvalue weighted by atomic mass is 16.5. The zero-order valence-electron chi connectivity index (χ0n) is 17.4. The number of nitrogens with zero attached hydrogens (tertiary/aromatic N) is 1. The first-order valence-electron chi connectivity index (χ1n) is 10.0. The summed E-state index contributed by atoms with van der Waals surface area (Å²) in [7, 11) is 0. The number of anilines is 1. The fourth-order valence-electron chi connectivity index (χ4n) is 4.40. The van der Waals surface area contributed by atoms with Crippen LogP contribution in [0.4, 0.5) is 5.69 Å². The van der Waals surface area contributed by atoms with E-state index < -0.39 is 22.7 Å². The summed E-state index contributed by atoms with van der Waals surface area (Å²) in [5, 5.41) is 2.67. The Labute approximate surface area is 170 Å². The first-order valence-corrected chi connectivity index (χ1v) is 10.0. The number of benzene rings is 1. The van der Waals surface area contributed by atoms with Crippen molar-refractivity contribution in [3.8, 4) is 0 Å². The summed E-state index contributed by atoms with van der Waals surface area (Å²) in [6, 6.07) is 6.40. The van der Waals surface area contributed by atoms with Crippen LogP contribution in [0.2, 0.25) is 0 Å². The second-order valence-corrected chi connectivity index (χ2v) is 8.64. The molecule has 1 aliphatic carbocycles. The van der Waals surface area contributed by atoms with Crippen LogP contribution in [-0.2, 0) is 19.1 Å². The molecule has 2 unspecified atom stereocenters. The second kappa shape index (κ2) is 7.61. The molecule has 0 aromatic heterocycles. The molecule has 2 atom stereocenters. The van der Waals surface area contributed by atoms with E-state index in [0.29, 0.717) is 30.7 Å². The maximum atomic E-state index is 13.0. The van der Waals surface area contributed by atoms with Crippen LogP contribution >= 0.6 is 0 Å². The highest BCUT2D eigenvalue weighted by Gasteiger charge is 2.64. The van der Waals surface area contributed by atoms with Gasteiger partial charge in [-0.1, -0.05) is 33.8 Å². The summed E-state index contributed by atoms with van der Waals surface area (Å²) < 4.78 is 5.10. The number of esters is 1. The molecular weight excluding hydrogens is 372 g/mol. The first-order chi connectivity index (χ1) is 13.6. The molecule has 1 N–H and O–H groups in total. The molecule has 0 radical (unpaired) electrons. The lowest BCUT2D eigenvalue weighted by atomic mass is 9.62. The van der Waals surface area contributed by atoms with Crippen LogP contribution in [0.15, 0.2) is 24.3 Å². The monoisotopic (exact) mass is 400 g/mol. The third-order valence-corrected chi connectivity index (χ3v) is 6.63. The lowest BCUT2D eigenvalue weighted by Crippen LogP contribution is -2.60. The van der Waals surface area contributed by atoms with Gasteiger partial charge in [0.1, 0.15) is 6.54 Å². The minimum Gasteiger partial charge on any atom is -0.462 e. The van der Waals surface area contributed by atoms with E-state index in [9.17, 15) is 19.2 Å². The van der Waals surface area contributed by atoms with Gasteiger partial charge in [0, 0.05) is 11.6 Å². The van der Waals surface area contributed by atoms with Crippen LogP contribution in [0.25, 0.3) is 0 Å². The number of fused-ring (bicyclic) bond motifs is 2.